The van der Waals surface area contributed by atoms with Crippen LogP contribution in [0.3, 0.4) is 0 Å². The molecule has 0 spiro atoms. The molecule has 0 N–H and O–H groups in total. The summed E-state index contributed by atoms with van der Waals surface area (Å²) >= 11 is 9.17. The zero-order chi connectivity index (χ0) is 15.0. The second-order valence-electron chi connectivity index (χ2n) is 5.17. The normalized spacial score (nSPS) is 20.1. The van der Waals surface area contributed by atoms with Gasteiger partial charge in [0.1, 0.15) is 5.15 Å². The summed E-state index contributed by atoms with van der Waals surface area (Å²) in [7, 11) is 0. The minimum Gasteiger partial charge on any atom is -0.407 e. The third-order valence-electron chi connectivity index (χ3n) is 3.83. The Balaban J connectivity index is 1.78. The van der Waals surface area contributed by atoms with E-state index in [2.05, 4.69) is 40.0 Å². The summed E-state index contributed by atoms with van der Waals surface area (Å²) in [5.41, 5.74) is 2.44. The van der Waals surface area contributed by atoms with Crippen molar-refractivity contribution in [2.75, 3.05) is 0 Å². The molecular weight excluding hydrogens is 354 g/mol. The van der Waals surface area contributed by atoms with Crippen LogP contribution in [0.5, 0.6) is 5.88 Å². The van der Waals surface area contributed by atoms with Gasteiger partial charge in [0, 0.05) is 10.5 Å². The SMILES string of the molecule is CC1c2ccccc2CC1C(=O)Oc1cc(Br)cc(Cl)n1. The molecule has 1 aliphatic carbocycles. The van der Waals surface area contributed by atoms with Crippen molar-refractivity contribution in [3.05, 3.63) is 57.2 Å². The second kappa shape index (κ2) is 5.78. The molecule has 3 rings (SSSR count). The van der Waals surface area contributed by atoms with Crippen molar-refractivity contribution >= 4 is 33.5 Å². The van der Waals surface area contributed by atoms with Crippen LogP contribution in [-0.2, 0) is 11.2 Å². The van der Waals surface area contributed by atoms with Crippen molar-refractivity contribution in [1.29, 1.82) is 0 Å². The summed E-state index contributed by atoms with van der Waals surface area (Å²) in [6.07, 6.45) is 0.706. The number of esters is 1. The predicted octanol–water partition coefficient (Wildman–Crippen LogP) is 4.38. The molecule has 21 heavy (non-hydrogen) atoms. The lowest BCUT2D eigenvalue weighted by Gasteiger charge is -2.14. The van der Waals surface area contributed by atoms with E-state index in [-0.39, 0.29) is 28.8 Å². The quantitative estimate of drug-likeness (QED) is 0.585. The maximum atomic E-state index is 12.4. The van der Waals surface area contributed by atoms with Crippen molar-refractivity contribution in [3.8, 4) is 5.88 Å². The van der Waals surface area contributed by atoms with Crippen molar-refractivity contribution in [2.45, 2.75) is 19.3 Å². The highest BCUT2D eigenvalue weighted by molar-refractivity contribution is 9.10. The first-order chi connectivity index (χ1) is 10.0. The van der Waals surface area contributed by atoms with Crippen LogP contribution < -0.4 is 4.74 Å². The molecular formula is C16H13BrClNO2. The molecule has 1 aliphatic rings. The van der Waals surface area contributed by atoms with Crippen LogP contribution in [-0.4, -0.2) is 11.0 Å². The average Bonchev–Trinajstić information content (AvgIpc) is 2.76. The molecule has 2 unspecified atom stereocenters. The highest BCUT2D eigenvalue weighted by Gasteiger charge is 2.35. The molecule has 0 saturated carbocycles. The Morgan fingerprint density at radius 2 is 2.14 bits per heavy atom. The van der Waals surface area contributed by atoms with E-state index in [0.29, 0.717) is 6.42 Å². The van der Waals surface area contributed by atoms with Crippen molar-refractivity contribution in [3.63, 3.8) is 0 Å². The Labute approximate surface area is 136 Å². The molecule has 0 amide bonds. The number of hydrogen-bond donors (Lipinski definition) is 0. The summed E-state index contributed by atoms with van der Waals surface area (Å²) in [6, 6.07) is 11.4. The van der Waals surface area contributed by atoms with Gasteiger partial charge in [-0.3, -0.25) is 4.79 Å². The Morgan fingerprint density at radius 3 is 2.86 bits per heavy atom. The van der Waals surface area contributed by atoms with E-state index in [1.54, 1.807) is 12.1 Å². The van der Waals surface area contributed by atoms with E-state index in [4.69, 9.17) is 16.3 Å². The Hall–Kier alpha value is -1.39. The van der Waals surface area contributed by atoms with Crippen molar-refractivity contribution < 1.29 is 9.53 Å². The molecule has 0 aliphatic heterocycles. The highest BCUT2D eigenvalue weighted by atomic mass is 79.9. The molecule has 0 radical (unpaired) electrons. The smallest absolute Gasteiger partial charge is 0.316 e. The minimum atomic E-state index is -0.264. The number of ether oxygens (including phenoxy) is 1. The van der Waals surface area contributed by atoms with Crippen LogP contribution >= 0.6 is 27.5 Å². The van der Waals surface area contributed by atoms with Crippen LogP contribution in [0.4, 0.5) is 0 Å². The monoisotopic (exact) mass is 365 g/mol. The lowest BCUT2D eigenvalue weighted by atomic mass is 9.95. The first kappa shape index (κ1) is 14.5. The molecule has 0 bridgehead atoms. The minimum absolute atomic E-state index is 0.149. The van der Waals surface area contributed by atoms with Crippen LogP contribution in [0.1, 0.15) is 24.0 Å². The maximum absolute atomic E-state index is 12.4. The van der Waals surface area contributed by atoms with Gasteiger partial charge < -0.3 is 4.74 Å². The fourth-order valence-corrected chi connectivity index (χ4v) is 3.50. The van der Waals surface area contributed by atoms with Gasteiger partial charge in [-0.15, -0.1) is 0 Å². The summed E-state index contributed by atoms with van der Waals surface area (Å²) in [5.74, 6) is -0.0684. The summed E-state index contributed by atoms with van der Waals surface area (Å²) in [4.78, 5) is 16.4. The lowest BCUT2D eigenvalue weighted by Crippen LogP contribution is -2.23. The van der Waals surface area contributed by atoms with E-state index in [9.17, 15) is 4.79 Å². The van der Waals surface area contributed by atoms with Gasteiger partial charge in [0.15, 0.2) is 0 Å². The Bertz CT molecular complexity index is 684. The standard InChI is InChI=1S/C16H13BrClNO2/c1-9-12-5-3-2-4-10(12)6-13(9)16(20)21-15-8-11(17)7-14(18)19-15/h2-5,7-9,13H,6H2,1H3. The molecule has 1 heterocycles. The van der Waals surface area contributed by atoms with E-state index < -0.39 is 0 Å². The van der Waals surface area contributed by atoms with Gasteiger partial charge in [0.25, 0.3) is 0 Å². The van der Waals surface area contributed by atoms with Crippen molar-refractivity contribution in [2.24, 2.45) is 5.92 Å². The number of carbonyl (C=O) groups excluding carboxylic acids is 1. The number of fused-ring (bicyclic) bond motifs is 1. The van der Waals surface area contributed by atoms with Gasteiger partial charge in [-0.2, -0.15) is 0 Å². The topological polar surface area (TPSA) is 39.2 Å². The third-order valence-corrected chi connectivity index (χ3v) is 4.48. The van der Waals surface area contributed by atoms with Gasteiger partial charge in [-0.05, 0) is 29.5 Å². The van der Waals surface area contributed by atoms with E-state index in [0.717, 1.165) is 4.47 Å². The lowest BCUT2D eigenvalue weighted by molar-refractivity contribution is -0.139. The molecule has 1 aromatic carbocycles. The zero-order valence-electron chi connectivity index (χ0n) is 11.3. The van der Waals surface area contributed by atoms with Crippen LogP contribution in [0.25, 0.3) is 0 Å². The number of pyridine rings is 1. The van der Waals surface area contributed by atoms with Crippen molar-refractivity contribution in [1.82, 2.24) is 4.98 Å². The van der Waals surface area contributed by atoms with Gasteiger partial charge in [-0.1, -0.05) is 58.7 Å². The van der Waals surface area contributed by atoms with Crippen LogP contribution in [0.15, 0.2) is 40.9 Å². The molecule has 3 nitrogen and oxygen atoms in total. The first-order valence-corrected chi connectivity index (χ1v) is 7.84. The number of aromatic nitrogens is 1. The number of carbonyl (C=O) groups is 1. The number of halogens is 2. The predicted molar refractivity (Wildman–Crippen MR) is 84.6 cm³/mol. The van der Waals surface area contributed by atoms with E-state index in [1.807, 2.05) is 12.1 Å². The van der Waals surface area contributed by atoms with Crippen LogP contribution in [0.2, 0.25) is 5.15 Å². The fraction of sp³-hybridized carbons (Fsp3) is 0.250. The zero-order valence-corrected chi connectivity index (χ0v) is 13.7. The Morgan fingerprint density at radius 1 is 1.38 bits per heavy atom. The first-order valence-electron chi connectivity index (χ1n) is 6.67. The number of hydrogen-bond acceptors (Lipinski definition) is 3. The summed E-state index contributed by atoms with van der Waals surface area (Å²) in [5, 5.41) is 0.287. The van der Waals surface area contributed by atoms with Gasteiger partial charge in [0.05, 0.1) is 5.92 Å². The van der Waals surface area contributed by atoms with E-state index >= 15 is 0 Å². The van der Waals surface area contributed by atoms with Gasteiger partial charge >= 0.3 is 5.97 Å². The highest BCUT2D eigenvalue weighted by Crippen LogP contribution is 2.38. The second-order valence-corrected chi connectivity index (χ2v) is 6.47. The summed E-state index contributed by atoms with van der Waals surface area (Å²) < 4.78 is 6.13. The van der Waals surface area contributed by atoms with Crippen LogP contribution in [0, 0.1) is 5.92 Å². The maximum Gasteiger partial charge on any atom is 0.316 e. The molecule has 2 aromatic rings. The largest absolute Gasteiger partial charge is 0.407 e. The molecule has 108 valence electrons. The van der Waals surface area contributed by atoms with E-state index in [1.165, 1.54) is 11.1 Å². The Kier molecular flexibility index (Phi) is 4.00. The third kappa shape index (κ3) is 2.97. The molecule has 0 saturated heterocycles. The van der Waals surface area contributed by atoms with Gasteiger partial charge in [-0.25, -0.2) is 4.98 Å². The molecule has 0 fully saturated rings. The average molecular weight is 367 g/mol. The number of rotatable bonds is 2. The summed E-state index contributed by atoms with van der Waals surface area (Å²) in [6.45, 7) is 2.05. The molecule has 2 atom stereocenters. The fourth-order valence-electron chi connectivity index (χ4n) is 2.76. The number of nitrogens with zero attached hydrogens (tertiary/aromatic N) is 1. The molecule has 1 aromatic heterocycles. The molecule has 5 heteroatoms. The number of benzene rings is 1. The van der Waals surface area contributed by atoms with Gasteiger partial charge in [0.2, 0.25) is 5.88 Å².